The van der Waals surface area contributed by atoms with E-state index < -0.39 is 5.91 Å². The Labute approximate surface area is 159 Å². The predicted molar refractivity (Wildman–Crippen MR) is 101 cm³/mol. The molecule has 6 nitrogen and oxygen atoms in total. The van der Waals surface area contributed by atoms with Crippen LogP contribution in [0.15, 0.2) is 54.6 Å². The summed E-state index contributed by atoms with van der Waals surface area (Å²) in [5.74, 6) is -0.0166. The number of aromatic nitrogens is 2. The zero-order chi connectivity index (χ0) is 18.5. The van der Waals surface area contributed by atoms with E-state index >= 15 is 0 Å². The first-order valence-electron chi connectivity index (χ1n) is 7.42. The lowest BCUT2D eigenvalue weighted by Gasteiger charge is -2.08. The Kier molecular flexibility index (Phi) is 5.32. The molecule has 0 fully saturated rings. The number of benzene rings is 2. The fraction of sp³-hybridized carbons (Fsp3) is 0. The number of rotatable bonds is 4. The summed E-state index contributed by atoms with van der Waals surface area (Å²) in [5.41, 5.74) is 1.73. The van der Waals surface area contributed by atoms with Crippen LogP contribution in [-0.4, -0.2) is 16.1 Å². The maximum atomic E-state index is 12.3. The molecule has 0 spiro atoms. The number of amides is 1. The molecule has 3 rings (SSSR count). The Morgan fingerprint density at radius 3 is 2.62 bits per heavy atom. The summed E-state index contributed by atoms with van der Waals surface area (Å²) >= 11 is 11.9. The van der Waals surface area contributed by atoms with Crippen LogP contribution < -0.4 is 10.6 Å². The molecule has 26 heavy (non-hydrogen) atoms. The Hall–Kier alpha value is -3.14. The van der Waals surface area contributed by atoms with E-state index in [0.29, 0.717) is 32.8 Å². The molecule has 2 N–H and O–H groups in total. The van der Waals surface area contributed by atoms with Gasteiger partial charge in [-0.2, -0.15) is 5.26 Å². The van der Waals surface area contributed by atoms with Crippen molar-refractivity contribution >= 4 is 46.3 Å². The third-order valence-corrected chi connectivity index (χ3v) is 3.90. The zero-order valence-corrected chi connectivity index (χ0v) is 14.7. The molecular formula is C18H11Cl2N5O. The van der Waals surface area contributed by atoms with Crippen molar-refractivity contribution in [3.8, 4) is 6.07 Å². The molecule has 0 bridgehead atoms. The molecule has 0 aliphatic rings. The molecule has 8 heteroatoms. The summed E-state index contributed by atoms with van der Waals surface area (Å²) in [4.78, 5) is 12.3. The highest BCUT2D eigenvalue weighted by atomic mass is 35.5. The third kappa shape index (κ3) is 4.28. The van der Waals surface area contributed by atoms with Crippen LogP contribution in [0.1, 0.15) is 16.1 Å². The largest absolute Gasteiger partial charge is 0.339 e. The molecule has 1 heterocycles. The van der Waals surface area contributed by atoms with Crippen LogP contribution in [-0.2, 0) is 0 Å². The minimum atomic E-state index is -0.459. The van der Waals surface area contributed by atoms with Gasteiger partial charge in [-0.15, -0.1) is 10.2 Å². The van der Waals surface area contributed by atoms with Gasteiger partial charge in [0, 0.05) is 10.7 Å². The van der Waals surface area contributed by atoms with E-state index in [1.54, 1.807) is 48.5 Å². The average Bonchev–Trinajstić information content (AvgIpc) is 2.65. The van der Waals surface area contributed by atoms with Gasteiger partial charge in [0.2, 0.25) is 0 Å². The SMILES string of the molecule is N#Cc1cccc(Nc2ccc(C(=O)Nc3cc(Cl)ccc3Cl)nn2)c1. The smallest absolute Gasteiger partial charge is 0.276 e. The van der Waals surface area contributed by atoms with E-state index in [9.17, 15) is 4.79 Å². The van der Waals surface area contributed by atoms with E-state index in [2.05, 4.69) is 26.9 Å². The highest BCUT2D eigenvalue weighted by Gasteiger charge is 2.11. The summed E-state index contributed by atoms with van der Waals surface area (Å²) < 4.78 is 0. The molecule has 3 aromatic rings. The molecule has 128 valence electrons. The number of nitrogens with one attached hydrogen (secondary N) is 2. The van der Waals surface area contributed by atoms with Gasteiger partial charge < -0.3 is 10.6 Å². The first-order valence-corrected chi connectivity index (χ1v) is 8.18. The summed E-state index contributed by atoms with van der Waals surface area (Å²) in [6, 6.07) is 16.9. The monoisotopic (exact) mass is 383 g/mol. The normalized spacial score (nSPS) is 10.0. The van der Waals surface area contributed by atoms with Crippen LogP contribution in [0, 0.1) is 11.3 Å². The van der Waals surface area contributed by atoms with Crippen molar-refractivity contribution < 1.29 is 4.79 Å². The number of nitrogens with zero attached hydrogens (tertiary/aromatic N) is 3. The molecule has 0 radical (unpaired) electrons. The Morgan fingerprint density at radius 1 is 1.04 bits per heavy atom. The standard InChI is InChI=1S/C18H11Cl2N5O/c19-12-4-5-14(20)16(9-12)23-18(26)15-6-7-17(25-24-15)22-13-3-1-2-11(8-13)10-21/h1-9H,(H,22,25)(H,23,26). The Balaban J connectivity index is 1.71. The van der Waals surface area contributed by atoms with E-state index in [1.165, 1.54) is 6.07 Å². The first kappa shape index (κ1) is 17.7. The number of carbonyl (C=O) groups excluding carboxylic acids is 1. The second-order valence-corrected chi connectivity index (χ2v) is 6.04. The minimum Gasteiger partial charge on any atom is -0.339 e. The summed E-state index contributed by atoms with van der Waals surface area (Å²) in [6.45, 7) is 0. The van der Waals surface area contributed by atoms with Gasteiger partial charge in [-0.05, 0) is 48.5 Å². The third-order valence-electron chi connectivity index (χ3n) is 3.34. The predicted octanol–water partition coefficient (Wildman–Crippen LogP) is 4.65. The number of anilines is 3. The second-order valence-electron chi connectivity index (χ2n) is 5.20. The van der Waals surface area contributed by atoms with Crippen LogP contribution in [0.5, 0.6) is 0 Å². The second kappa shape index (κ2) is 7.83. The highest BCUT2D eigenvalue weighted by molar-refractivity contribution is 6.35. The van der Waals surface area contributed by atoms with E-state index in [1.807, 2.05) is 0 Å². The van der Waals surface area contributed by atoms with Crippen LogP contribution in [0.25, 0.3) is 0 Å². The molecule has 0 atom stereocenters. The fourth-order valence-corrected chi connectivity index (χ4v) is 2.45. The van der Waals surface area contributed by atoms with E-state index in [0.717, 1.165) is 0 Å². The van der Waals surface area contributed by atoms with Crippen LogP contribution in [0.4, 0.5) is 17.2 Å². The van der Waals surface area contributed by atoms with Crippen molar-refractivity contribution in [2.24, 2.45) is 0 Å². The van der Waals surface area contributed by atoms with Crippen LogP contribution in [0.3, 0.4) is 0 Å². The molecule has 0 aliphatic carbocycles. The molecule has 1 amide bonds. The average molecular weight is 384 g/mol. The molecule has 2 aromatic carbocycles. The van der Waals surface area contributed by atoms with Gasteiger partial charge in [0.05, 0.1) is 22.3 Å². The first-order chi connectivity index (χ1) is 12.5. The molecule has 0 aliphatic heterocycles. The van der Waals surface area contributed by atoms with Crippen molar-refractivity contribution in [2.45, 2.75) is 0 Å². The fourth-order valence-electron chi connectivity index (χ4n) is 2.11. The van der Waals surface area contributed by atoms with Crippen molar-refractivity contribution in [1.29, 1.82) is 5.26 Å². The van der Waals surface area contributed by atoms with Gasteiger partial charge in [0.25, 0.3) is 5.91 Å². The lowest BCUT2D eigenvalue weighted by atomic mass is 10.2. The van der Waals surface area contributed by atoms with Gasteiger partial charge in [-0.25, -0.2) is 0 Å². The van der Waals surface area contributed by atoms with E-state index in [4.69, 9.17) is 28.5 Å². The lowest BCUT2D eigenvalue weighted by Crippen LogP contribution is -2.15. The van der Waals surface area contributed by atoms with Crippen molar-refractivity contribution in [3.05, 3.63) is 75.9 Å². The number of nitriles is 1. The van der Waals surface area contributed by atoms with Crippen LogP contribution in [0.2, 0.25) is 10.0 Å². The maximum absolute atomic E-state index is 12.3. The maximum Gasteiger partial charge on any atom is 0.276 e. The van der Waals surface area contributed by atoms with Gasteiger partial charge in [0.15, 0.2) is 11.5 Å². The van der Waals surface area contributed by atoms with E-state index in [-0.39, 0.29) is 5.69 Å². The number of halogens is 2. The summed E-state index contributed by atoms with van der Waals surface area (Å²) in [6.07, 6.45) is 0. The minimum absolute atomic E-state index is 0.123. The quantitative estimate of drug-likeness (QED) is 0.683. The highest BCUT2D eigenvalue weighted by Crippen LogP contribution is 2.25. The lowest BCUT2D eigenvalue weighted by molar-refractivity contribution is 0.102. The molecule has 0 saturated carbocycles. The van der Waals surface area contributed by atoms with Gasteiger partial charge >= 0.3 is 0 Å². The Bertz CT molecular complexity index is 999. The topological polar surface area (TPSA) is 90.7 Å². The van der Waals surface area contributed by atoms with Gasteiger partial charge in [-0.3, -0.25) is 4.79 Å². The summed E-state index contributed by atoms with van der Waals surface area (Å²) in [7, 11) is 0. The zero-order valence-electron chi connectivity index (χ0n) is 13.2. The molecule has 1 aromatic heterocycles. The number of hydrogen-bond donors (Lipinski definition) is 2. The van der Waals surface area contributed by atoms with Gasteiger partial charge in [-0.1, -0.05) is 29.3 Å². The molecule has 0 unspecified atom stereocenters. The van der Waals surface area contributed by atoms with Crippen LogP contribution >= 0.6 is 23.2 Å². The Morgan fingerprint density at radius 2 is 1.88 bits per heavy atom. The van der Waals surface area contributed by atoms with Crippen molar-refractivity contribution in [3.63, 3.8) is 0 Å². The number of carbonyl (C=O) groups is 1. The van der Waals surface area contributed by atoms with Crippen molar-refractivity contribution in [2.75, 3.05) is 10.6 Å². The molecule has 0 saturated heterocycles. The van der Waals surface area contributed by atoms with Crippen molar-refractivity contribution in [1.82, 2.24) is 10.2 Å². The summed E-state index contributed by atoms with van der Waals surface area (Å²) in [5, 5.41) is 23.3. The number of hydrogen-bond acceptors (Lipinski definition) is 5. The molecular weight excluding hydrogens is 373 g/mol. The van der Waals surface area contributed by atoms with Gasteiger partial charge in [0.1, 0.15) is 0 Å².